The van der Waals surface area contributed by atoms with E-state index in [4.69, 9.17) is 0 Å². The summed E-state index contributed by atoms with van der Waals surface area (Å²) in [5, 5.41) is 12.3. The molecule has 1 amide bonds. The number of thiophene rings is 1. The van der Waals surface area contributed by atoms with Crippen molar-refractivity contribution in [1.82, 2.24) is 4.90 Å². The molecular formula is C16H17NO2S. The van der Waals surface area contributed by atoms with Crippen molar-refractivity contribution in [2.24, 2.45) is 0 Å². The van der Waals surface area contributed by atoms with Crippen LogP contribution in [0.15, 0.2) is 35.7 Å². The minimum atomic E-state index is -0.573. The number of aliphatic hydroxyl groups excluding tert-OH is 1. The highest BCUT2D eigenvalue weighted by Gasteiger charge is 2.23. The summed E-state index contributed by atoms with van der Waals surface area (Å²) in [5.41, 5.74) is 3.24. The summed E-state index contributed by atoms with van der Waals surface area (Å²) in [6.45, 7) is 3.24. The second-order valence-electron chi connectivity index (χ2n) is 5.05. The fourth-order valence-corrected chi connectivity index (χ4v) is 3.33. The van der Waals surface area contributed by atoms with Gasteiger partial charge in [0.2, 0.25) is 5.91 Å². The van der Waals surface area contributed by atoms with Crippen molar-refractivity contribution < 1.29 is 9.90 Å². The Bertz CT molecular complexity index is 621. The molecule has 0 bridgehead atoms. The lowest BCUT2D eigenvalue weighted by Crippen LogP contribution is -2.23. The molecule has 2 heterocycles. The van der Waals surface area contributed by atoms with E-state index in [9.17, 15) is 9.90 Å². The summed E-state index contributed by atoms with van der Waals surface area (Å²) < 4.78 is 0. The van der Waals surface area contributed by atoms with Gasteiger partial charge in [-0.3, -0.25) is 4.79 Å². The number of carbonyl (C=O) groups is 1. The average molecular weight is 287 g/mol. The summed E-state index contributed by atoms with van der Waals surface area (Å²) in [6.07, 6.45) is -0.0326. The number of hydrogen-bond donors (Lipinski definition) is 1. The van der Waals surface area contributed by atoms with Crippen LogP contribution in [0.1, 0.15) is 41.0 Å². The molecule has 1 atom stereocenters. The largest absolute Gasteiger partial charge is 0.383 e. The minimum Gasteiger partial charge on any atom is -0.383 e. The van der Waals surface area contributed by atoms with E-state index in [1.807, 2.05) is 47.5 Å². The maximum Gasteiger partial charge on any atom is 0.222 e. The van der Waals surface area contributed by atoms with Crippen LogP contribution in [-0.2, 0) is 17.9 Å². The zero-order valence-corrected chi connectivity index (χ0v) is 12.2. The standard InChI is InChI=1S/C16H17NO2S/c1-2-15(18)17-9-12-6-5-11(8-13(12)10-17)16(19)14-4-3-7-20-14/h3-8,16,19H,2,9-10H2,1H3. The smallest absolute Gasteiger partial charge is 0.222 e. The van der Waals surface area contributed by atoms with Crippen LogP contribution in [-0.4, -0.2) is 15.9 Å². The highest BCUT2D eigenvalue weighted by molar-refractivity contribution is 7.10. The molecule has 1 aromatic heterocycles. The van der Waals surface area contributed by atoms with Gasteiger partial charge in [-0.2, -0.15) is 0 Å². The molecule has 2 aromatic rings. The summed E-state index contributed by atoms with van der Waals surface area (Å²) in [5.74, 6) is 0.182. The predicted octanol–water partition coefficient (Wildman–Crippen LogP) is 3.08. The van der Waals surface area contributed by atoms with Crippen molar-refractivity contribution in [3.8, 4) is 0 Å². The number of fused-ring (bicyclic) bond motifs is 1. The van der Waals surface area contributed by atoms with Crippen molar-refractivity contribution in [3.63, 3.8) is 0 Å². The van der Waals surface area contributed by atoms with Crippen molar-refractivity contribution in [1.29, 1.82) is 0 Å². The Labute approximate surface area is 122 Å². The summed E-state index contributed by atoms with van der Waals surface area (Å²) in [4.78, 5) is 14.6. The fourth-order valence-electron chi connectivity index (χ4n) is 2.60. The van der Waals surface area contributed by atoms with Crippen LogP contribution >= 0.6 is 11.3 Å². The van der Waals surface area contributed by atoms with Crippen LogP contribution in [0.2, 0.25) is 0 Å². The molecule has 1 N–H and O–H groups in total. The first-order chi connectivity index (χ1) is 9.69. The maximum absolute atomic E-state index is 11.8. The molecule has 0 saturated heterocycles. The monoisotopic (exact) mass is 287 g/mol. The van der Waals surface area contributed by atoms with Gasteiger partial charge in [-0.05, 0) is 28.1 Å². The van der Waals surface area contributed by atoms with E-state index in [0.29, 0.717) is 19.5 Å². The van der Waals surface area contributed by atoms with Gasteiger partial charge in [0, 0.05) is 24.4 Å². The molecule has 20 heavy (non-hydrogen) atoms. The molecule has 1 aliphatic heterocycles. The van der Waals surface area contributed by atoms with Gasteiger partial charge in [-0.15, -0.1) is 11.3 Å². The Hall–Kier alpha value is -1.65. The highest BCUT2D eigenvalue weighted by Crippen LogP contribution is 2.30. The lowest BCUT2D eigenvalue weighted by atomic mass is 10.0. The number of benzene rings is 1. The Morgan fingerprint density at radius 1 is 1.35 bits per heavy atom. The molecule has 104 valence electrons. The van der Waals surface area contributed by atoms with Crippen LogP contribution in [0.5, 0.6) is 0 Å². The molecule has 0 radical (unpaired) electrons. The van der Waals surface area contributed by atoms with E-state index in [1.165, 1.54) is 5.56 Å². The molecule has 0 spiro atoms. The van der Waals surface area contributed by atoms with E-state index in [1.54, 1.807) is 11.3 Å². The van der Waals surface area contributed by atoms with Gasteiger partial charge in [0.1, 0.15) is 6.10 Å². The van der Waals surface area contributed by atoms with Gasteiger partial charge < -0.3 is 10.0 Å². The van der Waals surface area contributed by atoms with E-state index in [0.717, 1.165) is 16.0 Å². The first kappa shape index (κ1) is 13.3. The summed E-state index contributed by atoms with van der Waals surface area (Å²) >= 11 is 1.55. The van der Waals surface area contributed by atoms with Crippen molar-refractivity contribution in [2.45, 2.75) is 32.5 Å². The molecule has 1 aromatic carbocycles. The normalized spacial score (nSPS) is 15.2. The molecular weight excluding hydrogens is 270 g/mol. The first-order valence-corrected chi connectivity index (χ1v) is 7.68. The van der Waals surface area contributed by atoms with Gasteiger partial charge in [0.05, 0.1) is 0 Å². The second-order valence-corrected chi connectivity index (χ2v) is 6.03. The molecule has 3 rings (SSSR count). The summed E-state index contributed by atoms with van der Waals surface area (Å²) in [7, 11) is 0. The molecule has 0 saturated carbocycles. The molecule has 0 aliphatic carbocycles. The van der Waals surface area contributed by atoms with E-state index in [2.05, 4.69) is 0 Å². The average Bonchev–Trinajstić information content (AvgIpc) is 3.13. The topological polar surface area (TPSA) is 40.5 Å². The van der Waals surface area contributed by atoms with Crippen LogP contribution < -0.4 is 0 Å². The Morgan fingerprint density at radius 3 is 2.85 bits per heavy atom. The molecule has 4 heteroatoms. The molecule has 1 unspecified atom stereocenters. The third-order valence-electron chi connectivity index (χ3n) is 3.74. The number of rotatable bonds is 3. The van der Waals surface area contributed by atoms with Crippen molar-refractivity contribution in [2.75, 3.05) is 0 Å². The quantitative estimate of drug-likeness (QED) is 0.942. The predicted molar refractivity (Wildman–Crippen MR) is 79.4 cm³/mol. The first-order valence-electron chi connectivity index (χ1n) is 6.80. The third kappa shape index (κ3) is 2.37. The van der Waals surface area contributed by atoms with E-state index >= 15 is 0 Å². The van der Waals surface area contributed by atoms with Gasteiger partial charge >= 0.3 is 0 Å². The molecule has 0 fully saturated rings. The minimum absolute atomic E-state index is 0.182. The van der Waals surface area contributed by atoms with Crippen LogP contribution in [0.25, 0.3) is 0 Å². The van der Waals surface area contributed by atoms with Crippen LogP contribution in [0.4, 0.5) is 0 Å². The van der Waals surface area contributed by atoms with Crippen molar-refractivity contribution >= 4 is 17.2 Å². The van der Waals surface area contributed by atoms with E-state index < -0.39 is 6.10 Å². The number of amides is 1. The van der Waals surface area contributed by atoms with Crippen LogP contribution in [0, 0.1) is 0 Å². The SMILES string of the molecule is CCC(=O)N1Cc2ccc(C(O)c3cccs3)cc2C1. The van der Waals surface area contributed by atoms with Gasteiger partial charge in [-0.25, -0.2) is 0 Å². The Morgan fingerprint density at radius 2 is 2.15 bits per heavy atom. The molecule has 1 aliphatic rings. The third-order valence-corrected chi connectivity index (χ3v) is 4.66. The number of nitrogens with zero attached hydrogens (tertiary/aromatic N) is 1. The number of aliphatic hydroxyl groups is 1. The lowest BCUT2D eigenvalue weighted by molar-refractivity contribution is -0.131. The van der Waals surface area contributed by atoms with Gasteiger partial charge in [-0.1, -0.05) is 31.2 Å². The lowest BCUT2D eigenvalue weighted by Gasteiger charge is -2.13. The fraction of sp³-hybridized carbons (Fsp3) is 0.312. The Balaban J connectivity index is 1.84. The van der Waals surface area contributed by atoms with Gasteiger partial charge in [0.25, 0.3) is 0 Å². The van der Waals surface area contributed by atoms with Crippen LogP contribution in [0.3, 0.4) is 0 Å². The van der Waals surface area contributed by atoms with E-state index in [-0.39, 0.29) is 5.91 Å². The zero-order chi connectivity index (χ0) is 14.1. The van der Waals surface area contributed by atoms with Gasteiger partial charge in [0.15, 0.2) is 0 Å². The maximum atomic E-state index is 11.8. The highest BCUT2D eigenvalue weighted by atomic mass is 32.1. The number of carbonyl (C=O) groups excluding carboxylic acids is 1. The summed E-state index contributed by atoms with van der Waals surface area (Å²) in [6, 6.07) is 9.91. The second kappa shape index (κ2) is 5.38. The number of hydrogen-bond acceptors (Lipinski definition) is 3. The zero-order valence-electron chi connectivity index (χ0n) is 11.4. The molecule has 3 nitrogen and oxygen atoms in total. The Kier molecular flexibility index (Phi) is 3.59. The van der Waals surface area contributed by atoms with Crippen molar-refractivity contribution in [3.05, 3.63) is 57.3 Å².